The van der Waals surface area contributed by atoms with Crippen molar-refractivity contribution in [2.24, 2.45) is 22.5 Å². The number of fused-ring (bicyclic) bond motifs is 2. The molecule has 2 bridgehead atoms. The summed E-state index contributed by atoms with van der Waals surface area (Å²) < 4.78 is 0. The Hall–Kier alpha value is -0.510. The summed E-state index contributed by atoms with van der Waals surface area (Å²) in [5.74, 6) is 0.494. The van der Waals surface area contributed by atoms with Gasteiger partial charge in [-0.05, 0) is 23.7 Å². The summed E-state index contributed by atoms with van der Waals surface area (Å²) in [5, 5.41) is 7.31. The van der Waals surface area contributed by atoms with E-state index in [0.717, 1.165) is 12.8 Å². The van der Waals surface area contributed by atoms with Crippen molar-refractivity contribution in [1.82, 2.24) is 0 Å². The van der Waals surface area contributed by atoms with Crippen molar-refractivity contribution < 1.29 is 4.79 Å². The molecule has 2 aliphatic carbocycles. The van der Waals surface area contributed by atoms with Crippen LogP contribution in [-0.4, -0.2) is 16.2 Å². The van der Waals surface area contributed by atoms with Crippen molar-refractivity contribution in [1.29, 1.82) is 5.41 Å². The van der Waals surface area contributed by atoms with Crippen LogP contribution in [0, 0.1) is 22.2 Å². The second-order valence-corrected chi connectivity index (χ2v) is 6.64. The molecular weight excluding hydrogens is 208 g/mol. The second kappa shape index (κ2) is 3.00. The van der Waals surface area contributed by atoms with Crippen LogP contribution in [0.5, 0.6) is 0 Å². The maximum atomic E-state index is 12.2. The monoisotopic (exact) mass is 226 g/mol. The predicted molar refractivity (Wildman–Crippen MR) is 62.9 cm³/mol. The zero-order chi connectivity index (χ0) is 11.4. The third-order valence-electron chi connectivity index (χ3n) is 4.72. The van der Waals surface area contributed by atoms with Crippen LogP contribution in [0.25, 0.3) is 0 Å². The molecular formula is C11H18N2OS. The Bertz CT molecular complexity index is 339. The average molecular weight is 226 g/mol. The molecule has 0 saturated heterocycles. The van der Waals surface area contributed by atoms with E-state index in [0.29, 0.717) is 5.78 Å². The van der Waals surface area contributed by atoms with Crippen molar-refractivity contribution in [3.63, 3.8) is 0 Å². The Morgan fingerprint density at radius 1 is 1.53 bits per heavy atom. The van der Waals surface area contributed by atoms with Gasteiger partial charge in [0.05, 0.1) is 5.25 Å². The average Bonchev–Trinajstić information content (AvgIpc) is 2.39. The molecule has 0 radical (unpaired) electrons. The Balaban J connectivity index is 2.36. The standard InChI is InChI=1S/C11H18N2OS/c1-10(2)6-4-5-11(10,3)8(7(6)14)15-9(12)13/h6,8H,4-5H2,1-3H3,(H3,12,13)/t6-,8+,11-/m0/s1. The minimum absolute atomic E-state index is 0.0189. The lowest BCUT2D eigenvalue weighted by atomic mass is 9.71. The van der Waals surface area contributed by atoms with Gasteiger partial charge in [0.25, 0.3) is 0 Å². The number of nitrogens with one attached hydrogen (secondary N) is 1. The number of thioether (sulfide) groups is 1. The third kappa shape index (κ3) is 1.20. The van der Waals surface area contributed by atoms with Crippen LogP contribution < -0.4 is 5.73 Å². The summed E-state index contributed by atoms with van der Waals surface area (Å²) >= 11 is 1.25. The second-order valence-electron chi connectivity index (χ2n) is 5.49. The summed E-state index contributed by atoms with van der Waals surface area (Å²) in [6.07, 6.45) is 2.10. The number of Topliss-reactive ketones (excluding diaryl/α,β-unsaturated/α-hetero) is 1. The highest BCUT2D eigenvalue weighted by atomic mass is 32.2. The molecule has 0 aromatic heterocycles. The number of carbonyl (C=O) groups excluding carboxylic acids is 1. The van der Waals surface area contributed by atoms with E-state index in [9.17, 15) is 4.79 Å². The number of rotatable bonds is 1. The molecule has 15 heavy (non-hydrogen) atoms. The lowest BCUT2D eigenvalue weighted by Crippen LogP contribution is -2.37. The van der Waals surface area contributed by atoms with Crippen molar-refractivity contribution >= 4 is 22.7 Å². The number of hydrogen-bond acceptors (Lipinski definition) is 3. The fraction of sp³-hybridized carbons (Fsp3) is 0.818. The number of carbonyl (C=O) groups is 1. The Kier molecular flexibility index (Phi) is 2.20. The largest absolute Gasteiger partial charge is 0.379 e. The van der Waals surface area contributed by atoms with Gasteiger partial charge in [-0.15, -0.1) is 0 Å². The van der Waals surface area contributed by atoms with Gasteiger partial charge >= 0.3 is 0 Å². The van der Waals surface area contributed by atoms with E-state index in [2.05, 4.69) is 20.8 Å². The van der Waals surface area contributed by atoms with Gasteiger partial charge in [0.15, 0.2) is 5.17 Å². The topological polar surface area (TPSA) is 66.9 Å². The first kappa shape index (κ1) is 11.0. The quantitative estimate of drug-likeness (QED) is 0.531. The van der Waals surface area contributed by atoms with Crippen molar-refractivity contribution in [2.45, 2.75) is 38.9 Å². The van der Waals surface area contributed by atoms with Gasteiger partial charge < -0.3 is 5.73 Å². The van der Waals surface area contributed by atoms with Gasteiger partial charge in [-0.3, -0.25) is 10.2 Å². The van der Waals surface area contributed by atoms with Gasteiger partial charge in [0, 0.05) is 5.92 Å². The molecule has 0 amide bonds. The normalized spacial score (nSPS) is 42.2. The smallest absolute Gasteiger partial charge is 0.151 e. The molecule has 3 atom stereocenters. The SMILES string of the molecule is CC1(C)[C@H]2CC[C@@]1(C)[C@H](SC(=N)N)C2=O. The first-order valence-corrected chi connectivity index (χ1v) is 6.23. The van der Waals surface area contributed by atoms with E-state index < -0.39 is 0 Å². The number of amidine groups is 1. The zero-order valence-corrected chi connectivity index (χ0v) is 10.3. The van der Waals surface area contributed by atoms with Gasteiger partial charge in [0.1, 0.15) is 5.78 Å². The van der Waals surface area contributed by atoms with E-state index in [4.69, 9.17) is 11.1 Å². The minimum Gasteiger partial charge on any atom is -0.379 e. The van der Waals surface area contributed by atoms with Crippen molar-refractivity contribution in [2.75, 3.05) is 0 Å². The van der Waals surface area contributed by atoms with Crippen LogP contribution in [0.15, 0.2) is 0 Å². The summed E-state index contributed by atoms with van der Waals surface area (Å²) in [4.78, 5) is 12.2. The molecule has 0 aromatic rings. The molecule has 2 aliphatic rings. The molecule has 84 valence electrons. The number of ketones is 1. The van der Waals surface area contributed by atoms with Gasteiger partial charge in [-0.1, -0.05) is 32.5 Å². The maximum absolute atomic E-state index is 12.2. The lowest BCUT2D eigenvalue weighted by Gasteiger charge is -2.37. The Morgan fingerprint density at radius 3 is 2.53 bits per heavy atom. The number of nitrogens with two attached hydrogens (primary N) is 1. The molecule has 0 aromatic carbocycles. The Labute approximate surface area is 94.7 Å². The molecule has 0 aliphatic heterocycles. The fourth-order valence-electron chi connectivity index (χ4n) is 3.30. The molecule has 3 N–H and O–H groups in total. The van der Waals surface area contributed by atoms with Gasteiger partial charge in [0.2, 0.25) is 0 Å². The molecule has 4 heteroatoms. The highest BCUT2D eigenvalue weighted by molar-refractivity contribution is 8.14. The van der Waals surface area contributed by atoms with Crippen molar-refractivity contribution in [3.05, 3.63) is 0 Å². The van der Waals surface area contributed by atoms with Gasteiger partial charge in [-0.25, -0.2) is 0 Å². The first-order chi connectivity index (χ1) is 6.80. The number of hydrogen-bond donors (Lipinski definition) is 2. The Morgan fingerprint density at radius 2 is 2.13 bits per heavy atom. The zero-order valence-electron chi connectivity index (χ0n) is 9.46. The van der Waals surface area contributed by atoms with E-state index in [1.54, 1.807) is 0 Å². The van der Waals surface area contributed by atoms with E-state index in [1.807, 2.05) is 0 Å². The van der Waals surface area contributed by atoms with Crippen LogP contribution in [0.4, 0.5) is 0 Å². The third-order valence-corrected chi connectivity index (χ3v) is 5.96. The van der Waals surface area contributed by atoms with Crippen LogP contribution in [0.2, 0.25) is 0 Å². The van der Waals surface area contributed by atoms with Crippen LogP contribution in [0.3, 0.4) is 0 Å². The van der Waals surface area contributed by atoms with E-state index in [1.165, 1.54) is 11.8 Å². The fourth-order valence-corrected chi connectivity index (χ4v) is 4.52. The molecule has 0 spiro atoms. The van der Waals surface area contributed by atoms with Crippen LogP contribution in [-0.2, 0) is 4.79 Å². The molecule has 2 rings (SSSR count). The summed E-state index contributed by atoms with van der Waals surface area (Å²) in [5.41, 5.74) is 5.49. The molecule has 2 saturated carbocycles. The summed E-state index contributed by atoms with van der Waals surface area (Å²) in [7, 11) is 0. The van der Waals surface area contributed by atoms with Crippen molar-refractivity contribution in [3.8, 4) is 0 Å². The minimum atomic E-state index is -0.0938. The lowest BCUT2D eigenvalue weighted by molar-refractivity contribution is -0.122. The summed E-state index contributed by atoms with van der Waals surface area (Å²) in [6.45, 7) is 6.55. The molecule has 3 nitrogen and oxygen atoms in total. The van der Waals surface area contributed by atoms with Gasteiger partial charge in [-0.2, -0.15) is 0 Å². The first-order valence-electron chi connectivity index (χ1n) is 5.35. The van der Waals surface area contributed by atoms with E-state index in [-0.39, 0.29) is 27.2 Å². The highest BCUT2D eigenvalue weighted by Gasteiger charge is 2.66. The summed E-state index contributed by atoms with van der Waals surface area (Å²) in [6, 6.07) is 0. The molecule has 0 unspecified atom stereocenters. The van der Waals surface area contributed by atoms with Crippen LogP contribution >= 0.6 is 11.8 Å². The van der Waals surface area contributed by atoms with Crippen LogP contribution in [0.1, 0.15) is 33.6 Å². The predicted octanol–water partition coefficient (Wildman–Crippen LogP) is 2.01. The highest BCUT2D eigenvalue weighted by Crippen LogP contribution is 2.66. The van der Waals surface area contributed by atoms with E-state index >= 15 is 0 Å². The maximum Gasteiger partial charge on any atom is 0.151 e. The molecule has 0 heterocycles. The molecule has 2 fully saturated rings.